The van der Waals surface area contributed by atoms with Crippen LogP contribution in [0.1, 0.15) is 59.8 Å². The number of pyridine rings is 1. The van der Waals surface area contributed by atoms with Crippen molar-refractivity contribution in [1.29, 1.82) is 0 Å². The maximum atomic E-state index is 12.6. The lowest BCUT2D eigenvalue weighted by molar-refractivity contribution is 0.0555. The van der Waals surface area contributed by atoms with Crippen molar-refractivity contribution >= 4 is 5.91 Å². The number of hydrogen-bond acceptors (Lipinski definition) is 7. The van der Waals surface area contributed by atoms with Gasteiger partial charge in [0, 0.05) is 32.4 Å². The van der Waals surface area contributed by atoms with Crippen LogP contribution in [0.3, 0.4) is 0 Å². The third-order valence-corrected chi connectivity index (χ3v) is 6.10. The Labute approximate surface area is 174 Å². The van der Waals surface area contributed by atoms with Crippen LogP contribution in [0, 0.1) is 0 Å². The number of aromatic nitrogens is 5. The van der Waals surface area contributed by atoms with E-state index in [0.717, 1.165) is 24.4 Å². The number of piperazine rings is 1. The maximum absolute atomic E-state index is 12.6. The second-order valence-corrected chi connectivity index (χ2v) is 7.88. The van der Waals surface area contributed by atoms with Gasteiger partial charge >= 0.3 is 0 Å². The summed E-state index contributed by atoms with van der Waals surface area (Å²) in [5, 5.41) is 12.8. The molecule has 1 saturated carbocycles. The third-order valence-electron chi connectivity index (χ3n) is 6.10. The fraction of sp³-hybridized carbons (Fsp3) is 0.476. The molecule has 0 radical (unpaired) electrons. The topological polar surface area (TPSA) is 93.2 Å². The van der Waals surface area contributed by atoms with Crippen molar-refractivity contribution in [2.45, 2.75) is 37.8 Å². The normalized spacial score (nSPS) is 19.3. The molecule has 0 N–H and O–H groups in total. The van der Waals surface area contributed by atoms with E-state index in [-0.39, 0.29) is 11.9 Å². The highest BCUT2D eigenvalue weighted by Gasteiger charge is 2.34. The molecular formula is C21H25N7O2. The first-order valence-corrected chi connectivity index (χ1v) is 10.6. The van der Waals surface area contributed by atoms with Crippen molar-refractivity contribution in [3.05, 3.63) is 60.1 Å². The number of nitrogens with zero attached hydrogens (tertiary/aromatic N) is 7. The highest BCUT2D eigenvalue weighted by molar-refractivity contribution is 5.91. The van der Waals surface area contributed by atoms with E-state index in [1.165, 1.54) is 19.1 Å². The Morgan fingerprint density at radius 2 is 1.90 bits per heavy atom. The van der Waals surface area contributed by atoms with Gasteiger partial charge in [0.1, 0.15) is 6.04 Å². The molecule has 1 saturated heterocycles. The number of amides is 1. The van der Waals surface area contributed by atoms with Gasteiger partial charge in [0.05, 0.1) is 18.0 Å². The molecule has 9 heteroatoms. The van der Waals surface area contributed by atoms with E-state index < -0.39 is 0 Å². The SMILES string of the molecule is O=C(c1ccco1)N1CCN([C@@H](c2ccccn2)c2nnnn2C2CCCC2)CC1. The van der Waals surface area contributed by atoms with Crippen molar-refractivity contribution in [2.75, 3.05) is 26.2 Å². The molecule has 4 heterocycles. The molecule has 0 bridgehead atoms. The average Bonchev–Trinajstić information content (AvgIpc) is 3.57. The predicted octanol–water partition coefficient (Wildman–Crippen LogP) is 2.32. The molecule has 1 aliphatic heterocycles. The van der Waals surface area contributed by atoms with Crippen molar-refractivity contribution < 1.29 is 9.21 Å². The van der Waals surface area contributed by atoms with Crippen LogP contribution in [0.15, 0.2) is 47.2 Å². The second-order valence-electron chi connectivity index (χ2n) is 7.88. The van der Waals surface area contributed by atoms with Crippen molar-refractivity contribution in [3.8, 4) is 0 Å². The Morgan fingerprint density at radius 1 is 1.07 bits per heavy atom. The molecule has 2 aliphatic rings. The maximum Gasteiger partial charge on any atom is 0.289 e. The third kappa shape index (κ3) is 3.60. The molecule has 156 valence electrons. The number of furan rings is 1. The van der Waals surface area contributed by atoms with E-state index in [4.69, 9.17) is 4.42 Å². The minimum atomic E-state index is -0.136. The van der Waals surface area contributed by atoms with Crippen molar-refractivity contribution in [3.63, 3.8) is 0 Å². The smallest absolute Gasteiger partial charge is 0.289 e. The zero-order valence-electron chi connectivity index (χ0n) is 16.8. The minimum absolute atomic E-state index is 0.0650. The number of tetrazole rings is 1. The highest BCUT2D eigenvalue weighted by Crippen LogP contribution is 2.33. The molecule has 3 aromatic rings. The quantitative estimate of drug-likeness (QED) is 0.641. The minimum Gasteiger partial charge on any atom is -0.459 e. The summed E-state index contributed by atoms with van der Waals surface area (Å²) < 4.78 is 7.29. The Hall–Kier alpha value is -3.07. The van der Waals surface area contributed by atoms with Gasteiger partial charge in [-0.15, -0.1) is 5.10 Å². The molecule has 1 aliphatic carbocycles. The molecule has 0 unspecified atom stereocenters. The summed E-state index contributed by atoms with van der Waals surface area (Å²) in [5.74, 6) is 1.16. The van der Waals surface area contributed by atoms with Gasteiger partial charge in [-0.2, -0.15) is 0 Å². The Balaban J connectivity index is 1.39. The molecule has 1 amide bonds. The summed E-state index contributed by atoms with van der Waals surface area (Å²) in [6.07, 6.45) is 7.99. The Bertz CT molecular complexity index is 958. The van der Waals surface area contributed by atoms with E-state index in [1.54, 1.807) is 12.1 Å². The van der Waals surface area contributed by atoms with Crippen LogP contribution in [0.4, 0.5) is 0 Å². The van der Waals surface area contributed by atoms with E-state index in [9.17, 15) is 4.79 Å². The van der Waals surface area contributed by atoms with E-state index >= 15 is 0 Å². The van der Waals surface area contributed by atoms with Crippen LogP contribution >= 0.6 is 0 Å². The molecule has 3 aromatic heterocycles. The van der Waals surface area contributed by atoms with Gasteiger partial charge in [-0.25, -0.2) is 4.68 Å². The summed E-state index contributed by atoms with van der Waals surface area (Å²) in [5.41, 5.74) is 0.928. The summed E-state index contributed by atoms with van der Waals surface area (Å²) in [4.78, 5) is 21.4. The summed E-state index contributed by atoms with van der Waals surface area (Å²) in [7, 11) is 0. The highest BCUT2D eigenvalue weighted by atomic mass is 16.3. The van der Waals surface area contributed by atoms with E-state index in [2.05, 4.69) is 25.4 Å². The molecule has 30 heavy (non-hydrogen) atoms. The first-order chi connectivity index (χ1) is 14.8. The zero-order chi connectivity index (χ0) is 20.3. The summed E-state index contributed by atoms with van der Waals surface area (Å²) >= 11 is 0. The summed E-state index contributed by atoms with van der Waals surface area (Å²) in [6, 6.07) is 9.60. The van der Waals surface area contributed by atoms with Crippen molar-refractivity contribution in [2.24, 2.45) is 0 Å². The zero-order valence-corrected chi connectivity index (χ0v) is 16.8. The molecule has 1 atom stereocenters. The molecule has 0 spiro atoms. The lowest BCUT2D eigenvalue weighted by atomic mass is 10.1. The van der Waals surface area contributed by atoms with Crippen LogP contribution in [0.2, 0.25) is 0 Å². The van der Waals surface area contributed by atoms with Gasteiger partial charge in [-0.3, -0.25) is 14.7 Å². The molecule has 9 nitrogen and oxygen atoms in total. The first kappa shape index (κ1) is 18.9. The van der Waals surface area contributed by atoms with Gasteiger partial charge in [0.15, 0.2) is 11.6 Å². The van der Waals surface area contributed by atoms with Crippen LogP contribution in [-0.2, 0) is 0 Å². The lowest BCUT2D eigenvalue weighted by Gasteiger charge is -2.38. The molecule has 2 fully saturated rings. The Morgan fingerprint density at radius 3 is 2.60 bits per heavy atom. The molecular weight excluding hydrogens is 382 g/mol. The fourth-order valence-electron chi connectivity index (χ4n) is 4.55. The second kappa shape index (κ2) is 8.35. The first-order valence-electron chi connectivity index (χ1n) is 10.6. The number of carbonyl (C=O) groups is 1. The van der Waals surface area contributed by atoms with Crippen LogP contribution in [-0.4, -0.2) is 67.1 Å². The number of rotatable bonds is 5. The van der Waals surface area contributed by atoms with E-state index in [0.29, 0.717) is 38.0 Å². The van der Waals surface area contributed by atoms with Crippen LogP contribution in [0.5, 0.6) is 0 Å². The predicted molar refractivity (Wildman–Crippen MR) is 108 cm³/mol. The largest absolute Gasteiger partial charge is 0.459 e. The monoisotopic (exact) mass is 407 g/mol. The number of hydrogen-bond donors (Lipinski definition) is 0. The van der Waals surface area contributed by atoms with Crippen LogP contribution < -0.4 is 0 Å². The average molecular weight is 407 g/mol. The van der Waals surface area contributed by atoms with E-state index in [1.807, 2.05) is 34.0 Å². The molecule has 0 aromatic carbocycles. The van der Waals surface area contributed by atoms with Gasteiger partial charge < -0.3 is 9.32 Å². The van der Waals surface area contributed by atoms with Gasteiger partial charge in [-0.05, 0) is 47.5 Å². The van der Waals surface area contributed by atoms with Crippen molar-refractivity contribution in [1.82, 2.24) is 35.0 Å². The lowest BCUT2D eigenvalue weighted by Crippen LogP contribution is -2.50. The van der Waals surface area contributed by atoms with Gasteiger partial charge in [0.2, 0.25) is 0 Å². The Kier molecular flexibility index (Phi) is 5.27. The van der Waals surface area contributed by atoms with Crippen LogP contribution in [0.25, 0.3) is 0 Å². The van der Waals surface area contributed by atoms with Gasteiger partial charge in [-0.1, -0.05) is 18.9 Å². The standard InChI is InChI=1S/C21H25N7O2/c29-21(18-9-5-15-30-18)27-13-11-26(12-14-27)19(17-8-3-4-10-22-17)20-23-24-25-28(20)16-6-1-2-7-16/h3-5,8-10,15-16,19H,1-2,6-7,11-14H2/t19-/m0/s1. The number of carbonyl (C=O) groups excluding carboxylic acids is 1. The molecule has 5 rings (SSSR count). The fourth-order valence-corrected chi connectivity index (χ4v) is 4.55. The summed E-state index contributed by atoms with van der Waals surface area (Å²) in [6.45, 7) is 2.66. The van der Waals surface area contributed by atoms with Gasteiger partial charge in [0.25, 0.3) is 5.91 Å².